The maximum Gasteiger partial charge on any atom is 0.213 e. The Balaban J connectivity index is 0.00000180. The summed E-state index contributed by atoms with van der Waals surface area (Å²) >= 11 is 0. The first-order valence-corrected chi connectivity index (χ1v) is 5.84. The second kappa shape index (κ2) is 7.44. The molecule has 0 aliphatic rings. The van der Waals surface area contributed by atoms with Gasteiger partial charge in [-0.25, -0.2) is 0 Å². The van der Waals surface area contributed by atoms with Crippen LogP contribution in [-0.2, 0) is 4.74 Å². The predicted molar refractivity (Wildman–Crippen MR) is 78.7 cm³/mol. The first kappa shape index (κ1) is 15.1. The zero-order chi connectivity index (χ0) is 12.8. The molecule has 0 unspecified atom stereocenters. The molecule has 19 heavy (non-hydrogen) atoms. The highest BCUT2D eigenvalue weighted by Crippen LogP contribution is 2.21. The number of para-hydroxylation sites is 1. The van der Waals surface area contributed by atoms with Crippen LogP contribution in [0.4, 0.5) is 0 Å². The molecule has 0 aliphatic heterocycles. The van der Waals surface area contributed by atoms with Crippen LogP contribution in [0.5, 0.6) is 11.5 Å². The number of nitrogens with one attached hydrogen (secondary N) is 1. The molecule has 0 bridgehead atoms. The van der Waals surface area contributed by atoms with Gasteiger partial charge in [0.25, 0.3) is 0 Å². The first-order valence-electron chi connectivity index (χ1n) is 5.84. The van der Waals surface area contributed by atoms with Crippen LogP contribution >= 0.6 is 12.4 Å². The lowest BCUT2D eigenvalue weighted by molar-refractivity contribution is 0.325. The molecular weight excluding hydrogens is 262 g/mol. The first-order chi connectivity index (χ1) is 8.79. The second-order valence-electron chi connectivity index (χ2n) is 3.71. The molecule has 4 heteroatoms. The van der Waals surface area contributed by atoms with Gasteiger partial charge in [0.2, 0.25) is 5.90 Å². The van der Waals surface area contributed by atoms with E-state index in [1.165, 1.54) is 0 Å². The summed E-state index contributed by atoms with van der Waals surface area (Å²) in [6.07, 6.45) is 0. The number of benzene rings is 2. The summed E-state index contributed by atoms with van der Waals surface area (Å²) in [4.78, 5) is 0. The van der Waals surface area contributed by atoms with E-state index < -0.39 is 0 Å². The summed E-state index contributed by atoms with van der Waals surface area (Å²) in [6, 6.07) is 16.9. The van der Waals surface area contributed by atoms with E-state index in [-0.39, 0.29) is 18.3 Å². The molecule has 0 aromatic heterocycles. The maximum atomic E-state index is 7.73. The van der Waals surface area contributed by atoms with E-state index in [0.29, 0.717) is 17.9 Å². The fraction of sp³-hybridized carbons (Fsp3) is 0.133. The van der Waals surface area contributed by atoms with Gasteiger partial charge in [-0.15, -0.1) is 12.4 Å². The summed E-state index contributed by atoms with van der Waals surface area (Å²) < 4.78 is 10.9. The fourth-order valence-corrected chi connectivity index (χ4v) is 1.55. The number of rotatable bonds is 4. The Bertz CT molecular complexity index is 529. The fourth-order valence-electron chi connectivity index (χ4n) is 1.55. The number of ether oxygens (including phenoxy) is 2. The minimum absolute atomic E-state index is 0. The predicted octanol–water partition coefficient (Wildman–Crippen LogP) is 4.26. The molecule has 0 spiro atoms. The second-order valence-corrected chi connectivity index (χ2v) is 3.71. The van der Waals surface area contributed by atoms with Gasteiger partial charge in [0.1, 0.15) is 11.5 Å². The summed E-state index contributed by atoms with van der Waals surface area (Å²) in [5.41, 5.74) is 0.713. The largest absolute Gasteiger partial charge is 0.478 e. The van der Waals surface area contributed by atoms with Crippen LogP contribution in [0.25, 0.3) is 0 Å². The Morgan fingerprint density at radius 1 is 1.00 bits per heavy atom. The van der Waals surface area contributed by atoms with Crippen molar-refractivity contribution in [2.24, 2.45) is 0 Å². The molecule has 0 saturated heterocycles. The maximum absolute atomic E-state index is 7.73. The van der Waals surface area contributed by atoms with Crippen molar-refractivity contribution < 1.29 is 9.47 Å². The third-order valence-electron chi connectivity index (χ3n) is 2.36. The van der Waals surface area contributed by atoms with Gasteiger partial charge in [0, 0.05) is 5.56 Å². The van der Waals surface area contributed by atoms with E-state index in [1.54, 1.807) is 6.07 Å². The van der Waals surface area contributed by atoms with Crippen molar-refractivity contribution in [3.63, 3.8) is 0 Å². The van der Waals surface area contributed by atoms with E-state index in [4.69, 9.17) is 14.9 Å². The molecule has 2 aromatic carbocycles. The van der Waals surface area contributed by atoms with Gasteiger partial charge in [0.05, 0.1) is 6.61 Å². The van der Waals surface area contributed by atoms with Crippen LogP contribution in [0.15, 0.2) is 54.6 Å². The van der Waals surface area contributed by atoms with E-state index in [1.807, 2.05) is 55.5 Å². The topological polar surface area (TPSA) is 42.3 Å². The smallest absolute Gasteiger partial charge is 0.213 e. The van der Waals surface area contributed by atoms with Crippen LogP contribution in [0, 0.1) is 5.41 Å². The number of halogens is 1. The van der Waals surface area contributed by atoms with Gasteiger partial charge in [0.15, 0.2) is 0 Å². The van der Waals surface area contributed by atoms with Crippen molar-refractivity contribution in [1.82, 2.24) is 0 Å². The Morgan fingerprint density at radius 2 is 1.68 bits per heavy atom. The molecule has 0 atom stereocenters. The Kier molecular flexibility index (Phi) is 5.90. The molecule has 2 aromatic rings. The lowest BCUT2D eigenvalue weighted by Crippen LogP contribution is -2.04. The molecule has 0 fully saturated rings. The Labute approximate surface area is 119 Å². The van der Waals surface area contributed by atoms with Crippen molar-refractivity contribution in [1.29, 1.82) is 5.41 Å². The standard InChI is InChI=1S/C15H15NO2.ClH/c1-2-17-15(16)12-7-6-10-14(11-12)18-13-8-4-3-5-9-13;/h3-11,16H,2H2,1H3;1H. The van der Waals surface area contributed by atoms with Crippen molar-refractivity contribution in [2.75, 3.05) is 6.61 Å². The van der Waals surface area contributed by atoms with Crippen molar-refractivity contribution in [2.45, 2.75) is 6.92 Å². The monoisotopic (exact) mass is 277 g/mol. The van der Waals surface area contributed by atoms with Crippen LogP contribution in [0.2, 0.25) is 0 Å². The summed E-state index contributed by atoms with van der Waals surface area (Å²) in [5, 5.41) is 7.73. The molecule has 2 rings (SSSR count). The van der Waals surface area contributed by atoms with Gasteiger partial charge in [-0.2, -0.15) is 0 Å². The number of hydrogen-bond acceptors (Lipinski definition) is 3. The van der Waals surface area contributed by atoms with Gasteiger partial charge in [-0.3, -0.25) is 5.41 Å². The molecule has 100 valence electrons. The van der Waals surface area contributed by atoms with E-state index >= 15 is 0 Å². The third kappa shape index (κ3) is 4.30. The Morgan fingerprint density at radius 3 is 2.37 bits per heavy atom. The molecule has 0 saturated carbocycles. The van der Waals surface area contributed by atoms with Crippen molar-refractivity contribution >= 4 is 18.3 Å². The quantitative estimate of drug-likeness (QED) is 0.670. The molecular formula is C15H16ClNO2. The highest BCUT2D eigenvalue weighted by molar-refractivity contribution is 5.91. The minimum Gasteiger partial charge on any atom is -0.478 e. The van der Waals surface area contributed by atoms with E-state index in [2.05, 4.69) is 0 Å². The molecule has 3 nitrogen and oxygen atoms in total. The average molecular weight is 278 g/mol. The SMILES string of the molecule is CCOC(=N)c1cccc(Oc2ccccc2)c1.Cl. The highest BCUT2D eigenvalue weighted by Gasteiger charge is 2.04. The van der Waals surface area contributed by atoms with Gasteiger partial charge < -0.3 is 9.47 Å². The zero-order valence-electron chi connectivity index (χ0n) is 10.6. The van der Waals surface area contributed by atoms with Crippen LogP contribution in [-0.4, -0.2) is 12.5 Å². The molecule has 0 amide bonds. The lowest BCUT2D eigenvalue weighted by atomic mass is 10.2. The molecule has 1 N–H and O–H groups in total. The van der Waals surface area contributed by atoms with E-state index in [9.17, 15) is 0 Å². The number of hydrogen-bond donors (Lipinski definition) is 1. The van der Waals surface area contributed by atoms with Crippen LogP contribution < -0.4 is 4.74 Å². The van der Waals surface area contributed by atoms with Crippen LogP contribution in [0.3, 0.4) is 0 Å². The third-order valence-corrected chi connectivity index (χ3v) is 2.36. The zero-order valence-corrected chi connectivity index (χ0v) is 11.4. The minimum atomic E-state index is 0. The lowest BCUT2D eigenvalue weighted by Gasteiger charge is -2.08. The summed E-state index contributed by atoms with van der Waals surface area (Å²) in [6.45, 7) is 2.35. The van der Waals surface area contributed by atoms with Crippen molar-refractivity contribution in [3.8, 4) is 11.5 Å². The van der Waals surface area contributed by atoms with Gasteiger partial charge in [-0.1, -0.05) is 24.3 Å². The summed E-state index contributed by atoms with van der Waals surface area (Å²) in [7, 11) is 0. The van der Waals surface area contributed by atoms with Crippen LogP contribution in [0.1, 0.15) is 12.5 Å². The van der Waals surface area contributed by atoms with E-state index in [0.717, 1.165) is 5.75 Å². The molecule has 0 radical (unpaired) electrons. The normalized spacial score (nSPS) is 9.32. The average Bonchev–Trinajstić information content (AvgIpc) is 2.40. The van der Waals surface area contributed by atoms with Gasteiger partial charge in [-0.05, 0) is 37.3 Å². The molecule has 0 aliphatic carbocycles. The highest BCUT2D eigenvalue weighted by atomic mass is 35.5. The Hall–Kier alpha value is -2.00. The summed E-state index contributed by atoms with van der Waals surface area (Å²) in [5.74, 6) is 1.64. The van der Waals surface area contributed by atoms with Crippen molar-refractivity contribution in [3.05, 3.63) is 60.2 Å². The van der Waals surface area contributed by atoms with Gasteiger partial charge >= 0.3 is 0 Å². The molecule has 0 heterocycles.